The van der Waals surface area contributed by atoms with E-state index in [1.54, 1.807) is 17.9 Å². The Morgan fingerprint density at radius 1 is 1.28 bits per heavy atom. The molecule has 8 nitrogen and oxygen atoms in total. The Kier molecular flexibility index (Phi) is 6.21. The number of amides is 2. The molecule has 8 heteroatoms. The van der Waals surface area contributed by atoms with Crippen LogP contribution in [0.15, 0.2) is 36.9 Å². The third kappa shape index (κ3) is 4.26. The lowest BCUT2D eigenvalue weighted by atomic mass is 10.0. The molecule has 0 radical (unpaired) electrons. The number of ether oxygens (including phenoxy) is 1. The third-order valence-corrected chi connectivity index (χ3v) is 5.30. The summed E-state index contributed by atoms with van der Waals surface area (Å²) in [7, 11) is 1.58. The van der Waals surface area contributed by atoms with Crippen molar-refractivity contribution in [3.63, 3.8) is 0 Å². The topological polar surface area (TPSA) is 116 Å². The molecule has 1 aromatic carbocycles. The minimum absolute atomic E-state index is 0.0356. The summed E-state index contributed by atoms with van der Waals surface area (Å²) in [4.78, 5) is 25.8. The van der Waals surface area contributed by atoms with Crippen LogP contribution in [0.25, 0.3) is 11.3 Å². The number of carbonyl (C=O) groups is 2. The molecule has 2 aromatic rings. The van der Waals surface area contributed by atoms with E-state index in [0.29, 0.717) is 24.5 Å². The number of anilines is 1. The number of nitrogens with zero attached hydrogens (tertiary/aromatic N) is 3. The third-order valence-electron chi connectivity index (χ3n) is 5.30. The molecule has 0 saturated carbocycles. The lowest BCUT2D eigenvalue weighted by molar-refractivity contribution is -0.126. The lowest BCUT2D eigenvalue weighted by Crippen LogP contribution is -2.33. The molecule has 2 amide bonds. The highest BCUT2D eigenvalue weighted by Gasteiger charge is 2.26. The van der Waals surface area contributed by atoms with Gasteiger partial charge in [0.05, 0.1) is 13.2 Å². The van der Waals surface area contributed by atoms with Crippen LogP contribution in [0.3, 0.4) is 0 Å². The molecule has 4 N–H and O–H groups in total. The van der Waals surface area contributed by atoms with Gasteiger partial charge in [0, 0.05) is 18.7 Å². The lowest BCUT2D eigenvalue weighted by Gasteiger charge is -2.27. The molecule has 2 heterocycles. The molecule has 0 bridgehead atoms. The number of carbonyl (C=O) groups excluding carboxylic acids is 2. The molecule has 1 aliphatic rings. The average molecular weight is 397 g/mol. The molecule has 1 saturated heterocycles. The molecule has 29 heavy (non-hydrogen) atoms. The number of likely N-dealkylation sites (tertiary alicyclic amines) is 1. The maximum atomic E-state index is 12.1. The normalized spacial score (nSPS) is 15.4. The van der Waals surface area contributed by atoms with Gasteiger partial charge < -0.3 is 21.1 Å². The van der Waals surface area contributed by atoms with Gasteiger partial charge in [-0.15, -0.1) is 0 Å². The van der Waals surface area contributed by atoms with Crippen LogP contribution in [0.4, 0.5) is 5.82 Å². The van der Waals surface area contributed by atoms with E-state index < -0.39 is 5.91 Å². The fraction of sp³-hybridized carbons (Fsp3) is 0.381. The van der Waals surface area contributed by atoms with Crippen molar-refractivity contribution < 1.29 is 14.3 Å². The predicted octanol–water partition coefficient (Wildman–Crippen LogP) is 2.37. The Labute approximate surface area is 170 Å². The van der Waals surface area contributed by atoms with Crippen molar-refractivity contribution >= 4 is 17.6 Å². The Hall–Kier alpha value is -3.29. The molecular formula is C21H27N5O3. The second kappa shape index (κ2) is 8.81. The molecule has 1 aliphatic heterocycles. The molecule has 0 unspecified atom stereocenters. The van der Waals surface area contributed by atoms with E-state index >= 15 is 0 Å². The summed E-state index contributed by atoms with van der Waals surface area (Å²) in [5, 5.41) is 4.68. The van der Waals surface area contributed by atoms with Crippen LogP contribution in [-0.4, -0.2) is 46.7 Å². The molecular weight excluding hydrogens is 370 g/mol. The number of nitrogens with two attached hydrogens (primary N) is 2. The molecule has 0 aliphatic carbocycles. The van der Waals surface area contributed by atoms with Crippen LogP contribution in [0.2, 0.25) is 0 Å². The first-order chi connectivity index (χ1) is 14.0. The van der Waals surface area contributed by atoms with Gasteiger partial charge in [-0.3, -0.25) is 9.59 Å². The number of hydrogen-bond donors (Lipinski definition) is 2. The van der Waals surface area contributed by atoms with E-state index in [1.165, 1.54) is 6.08 Å². The minimum atomic E-state index is -0.611. The number of hydrogen-bond acceptors (Lipinski definition) is 5. The van der Waals surface area contributed by atoms with Crippen LogP contribution in [0, 0.1) is 0 Å². The fourth-order valence-corrected chi connectivity index (χ4v) is 3.83. The zero-order chi connectivity index (χ0) is 21.0. The maximum absolute atomic E-state index is 12.1. The van der Waals surface area contributed by atoms with Crippen LogP contribution >= 0.6 is 0 Å². The van der Waals surface area contributed by atoms with E-state index in [4.69, 9.17) is 16.2 Å². The van der Waals surface area contributed by atoms with Gasteiger partial charge in [-0.25, -0.2) is 4.68 Å². The standard InChI is InChI=1S/C21H27N5O3/c1-3-17(27)25-11-5-8-15(9-6-12-25)26-20(22)18(21(23)28)19(24-26)14-7-4-10-16(13-14)29-2/h3-4,7,10,13,15H,1,5-6,8-9,11-12,22H2,2H3,(H2,23,28). The predicted molar refractivity (Wildman–Crippen MR) is 111 cm³/mol. The van der Waals surface area contributed by atoms with Gasteiger partial charge in [0.25, 0.3) is 5.91 Å². The first kappa shape index (κ1) is 20.4. The van der Waals surface area contributed by atoms with Crippen LogP contribution in [0.1, 0.15) is 42.1 Å². The Balaban J connectivity index is 1.91. The summed E-state index contributed by atoms with van der Waals surface area (Å²) in [6, 6.07) is 7.33. The number of aromatic nitrogens is 2. The summed E-state index contributed by atoms with van der Waals surface area (Å²) in [6.45, 7) is 4.88. The average Bonchev–Trinajstić information content (AvgIpc) is 3.05. The van der Waals surface area contributed by atoms with Crippen LogP contribution in [0.5, 0.6) is 5.75 Å². The molecule has 1 aromatic heterocycles. The molecule has 0 atom stereocenters. The quantitative estimate of drug-likeness (QED) is 0.751. The van der Waals surface area contributed by atoms with Crippen molar-refractivity contribution in [1.29, 1.82) is 0 Å². The van der Waals surface area contributed by atoms with E-state index in [2.05, 4.69) is 11.7 Å². The van der Waals surface area contributed by atoms with Crippen molar-refractivity contribution in [2.75, 3.05) is 25.9 Å². The second-order valence-electron chi connectivity index (χ2n) is 7.12. The van der Waals surface area contributed by atoms with Crippen LogP contribution < -0.4 is 16.2 Å². The molecule has 3 rings (SSSR count). The minimum Gasteiger partial charge on any atom is -0.497 e. The van der Waals surface area contributed by atoms with E-state index in [0.717, 1.165) is 31.2 Å². The smallest absolute Gasteiger partial charge is 0.254 e. The Morgan fingerprint density at radius 3 is 2.55 bits per heavy atom. The summed E-state index contributed by atoms with van der Waals surface area (Å²) < 4.78 is 7.00. The summed E-state index contributed by atoms with van der Waals surface area (Å²) in [5.41, 5.74) is 13.4. The number of methoxy groups -OCH3 is 1. The zero-order valence-electron chi connectivity index (χ0n) is 16.6. The van der Waals surface area contributed by atoms with Crippen molar-refractivity contribution in [3.05, 3.63) is 42.5 Å². The van der Waals surface area contributed by atoms with Gasteiger partial charge in [-0.1, -0.05) is 18.7 Å². The van der Waals surface area contributed by atoms with Crippen molar-refractivity contribution in [2.24, 2.45) is 5.73 Å². The monoisotopic (exact) mass is 397 g/mol. The van der Waals surface area contributed by atoms with Gasteiger partial charge >= 0.3 is 0 Å². The van der Waals surface area contributed by atoms with E-state index in [9.17, 15) is 9.59 Å². The highest BCUT2D eigenvalue weighted by atomic mass is 16.5. The van der Waals surface area contributed by atoms with Crippen LogP contribution in [-0.2, 0) is 4.79 Å². The van der Waals surface area contributed by atoms with Gasteiger partial charge in [0.2, 0.25) is 5.91 Å². The highest BCUT2D eigenvalue weighted by molar-refractivity contribution is 6.03. The highest BCUT2D eigenvalue weighted by Crippen LogP contribution is 2.33. The fourth-order valence-electron chi connectivity index (χ4n) is 3.83. The molecule has 154 valence electrons. The number of nitrogen functional groups attached to an aromatic ring is 1. The zero-order valence-corrected chi connectivity index (χ0v) is 16.6. The van der Waals surface area contributed by atoms with Crippen molar-refractivity contribution in [3.8, 4) is 17.0 Å². The van der Waals surface area contributed by atoms with Gasteiger partial charge in [-0.05, 0) is 43.9 Å². The molecule has 1 fully saturated rings. The van der Waals surface area contributed by atoms with E-state index in [1.807, 2.05) is 23.1 Å². The maximum Gasteiger partial charge on any atom is 0.254 e. The Morgan fingerprint density at radius 2 is 1.97 bits per heavy atom. The number of rotatable bonds is 5. The first-order valence-corrected chi connectivity index (χ1v) is 9.69. The molecule has 0 spiro atoms. The largest absolute Gasteiger partial charge is 0.497 e. The summed E-state index contributed by atoms with van der Waals surface area (Å²) >= 11 is 0. The summed E-state index contributed by atoms with van der Waals surface area (Å²) in [5.74, 6) is 0.280. The van der Waals surface area contributed by atoms with Crippen molar-refractivity contribution in [1.82, 2.24) is 14.7 Å². The Bertz CT molecular complexity index is 911. The van der Waals surface area contributed by atoms with Gasteiger partial charge in [0.1, 0.15) is 22.8 Å². The van der Waals surface area contributed by atoms with Gasteiger partial charge in [0.15, 0.2) is 0 Å². The van der Waals surface area contributed by atoms with Crippen molar-refractivity contribution in [2.45, 2.75) is 31.7 Å². The summed E-state index contributed by atoms with van der Waals surface area (Å²) in [6.07, 6.45) is 4.56. The number of primary amides is 1. The van der Waals surface area contributed by atoms with E-state index in [-0.39, 0.29) is 23.3 Å². The second-order valence-corrected chi connectivity index (χ2v) is 7.12. The van der Waals surface area contributed by atoms with Gasteiger partial charge in [-0.2, -0.15) is 5.10 Å². The SMILES string of the molecule is C=CC(=O)N1CCCC(n2nc(-c3cccc(OC)c3)c(C(N)=O)c2N)CCC1. The first-order valence-electron chi connectivity index (χ1n) is 9.69. The number of benzene rings is 1.